The summed E-state index contributed by atoms with van der Waals surface area (Å²) < 4.78 is 2.25. The highest BCUT2D eigenvalue weighted by Crippen LogP contribution is 2.28. The quantitative estimate of drug-likeness (QED) is 0.171. The van der Waals surface area contributed by atoms with Gasteiger partial charge < -0.3 is 19.3 Å². The zero-order valence-corrected chi connectivity index (χ0v) is 59.9. The summed E-state index contributed by atoms with van der Waals surface area (Å²) in [4.78, 5) is 17.9. The molecule has 88 heavy (non-hydrogen) atoms. The molecule has 7 heterocycles. The molecule has 1 aromatic heterocycles. The Balaban J connectivity index is -0.000000172. The molecule has 1 aromatic rings. The van der Waals surface area contributed by atoms with E-state index in [9.17, 15) is 0 Å². The Labute approximate surface area is 561 Å². The highest BCUT2D eigenvalue weighted by atomic mass is 15.3. The number of nitrogens with zero attached hydrogens (tertiary/aromatic N) is 8. The summed E-state index contributed by atoms with van der Waals surface area (Å²) in [6.45, 7) is 81.8. The van der Waals surface area contributed by atoms with Crippen LogP contribution in [-0.4, -0.2) is 173 Å². The summed E-state index contributed by atoms with van der Waals surface area (Å²) in [5, 5.41) is 0. The van der Waals surface area contributed by atoms with Crippen molar-refractivity contribution in [1.29, 1.82) is 0 Å². The fourth-order valence-electron chi connectivity index (χ4n) is 12.0. The number of aromatic nitrogens is 1. The lowest BCUT2D eigenvalue weighted by Crippen LogP contribution is -2.50. The van der Waals surface area contributed by atoms with Crippen LogP contribution in [0.3, 0.4) is 0 Å². The molecule has 6 aliphatic heterocycles. The van der Waals surface area contributed by atoms with Gasteiger partial charge in [-0.25, -0.2) is 0 Å². The van der Waals surface area contributed by atoms with E-state index in [1.54, 1.807) is 11.1 Å². The van der Waals surface area contributed by atoms with Gasteiger partial charge in [-0.2, -0.15) is 0 Å². The van der Waals surface area contributed by atoms with E-state index in [0.29, 0.717) is 24.0 Å². The van der Waals surface area contributed by atoms with Crippen LogP contribution in [0.5, 0.6) is 0 Å². The summed E-state index contributed by atoms with van der Waals surface area (Å²) in [5.41, 5.74) is 4.68. The molecule has 4 saturated heterocycles. The first-order valence-electron chi connectivity index (χ1n) is 34.5. The largest absolute Gasteiger partial charge is 0.352 e. The highest BCUT2D eigenvalue weighted by molar-refractivity contribution is 5.15. The van der Waals surface area contributed by atoms with Gasteiger partial charge in [-0.3, -0.25) is 19.6 Å². The molecule has 0 aromatic carbocycles. The van der Waals surface area contributed by atoms with Crippen molar-refractivity contribution in [3.8, 4) is 0 Å². The van der Waals surface area contributed by atoms with E-state index in [0.717, 1.165) is 90.6 Å². The number of piperidine rings is 2. The standard InChI is InChI=1S/C11H23N.C11H21N.C11H23N.C10H22N2.C10H21N.C10H19N.C10H17N.7CH4/c2*1-9(2)11-5-7-12(8-6-11)10(3)4;1-9(2)11-6-5-7-12(8-11)10(3)4;1-9(2)11-5-7-12(8-6-11)10(3)4;3*1-8(2)10-5-6-11(7-10)9(3)4;;;;;;;/h9-11H,5-8H2,1-4H3;5,9-10H,6-8H2,1-4H3;9-11H,5-8H2,1-4H3;9-10H,5-8H2,1-4H3;8-10H,5-7H2,1-4H3;5,8-9H,6-7H2,1-4H3;5-9H,1-4H3;7*1H4. The monoisotopic (exact) mass is 1250 g/mol. The molecule has 534 valence electrons. The van der Waals surface area contributed by atoms with E-state index in [4.69, 9.17) is 0 Å². The van der Waals surface area contributed by atoms with Gasteiger partial charge in [0.2, 0.25) is 0 Å². The van der Waals surface area contributed by atoms with E-state index < -0.39 is 0 Å². The van der Waals surface area contributed by atoms with Crippen LogP contribution in [0.1, 0.15) is 302 Å². The van der Waals surface area contributed by atoms with E-state index in [2.05, 4.69) is 263 Å². The second kappa shape index (κ2) is 52.8. The van der Waals surface area contributed by atoms with Gasteiger partial charge >= 0.3 is 0 Å². The van der Waals surface area contributed by atoms with Crippen molar-refractivity contribution < 1.29 is 0 Å². The third-order valence-electron chi connectivity index (χ3n) is 19.3. The summed E-state index contributed by atoms with van der Waals surface area (Å²) >= 11 is 0. The maximum Gasteiger partial charge on any atom is 0.0274 e. The maximum absolute atomic E-state index is 2.62. The van der Waals surface area contributed by atoms with Gasteiger partial charge in [-0.15, -0.1) is 0 Å². The number of rotatable bonds is 14. The Morgan fingerprint density at radius 1 is 0.318 bits per heavy atom. The lowest BCUT2D eigenvalue weighted by molar-refractivity contribution is 0.0887. The Morgan fingerprint density at radius 3 is 0.932 bits per heavy atom. The summed E-state index contributed by atoms with van der Waals surface area (Å²) in [6.07, 6.45) is 17.5. The SMILES string of the molecule is C.C.C.C.C.C.C.CC(C)C1=CCN(C(C)C)C1.CC(C)C1=CCN(C(C)C)CC1.CC(C)C1CCCN(C(C)C)C1.CC(C)C1CCN(C(C)C)C1.CC(C)C1CCN(C(C)C)CC1.CC(C)N1CCN(C(C)C)CC1.CC(C)c1ccn(C(C)C)c1. The fraction of sp³-hybridized carbons (Fsp3) is 0.900. The van der Waals surface area contributed by atoms with Gasteiger partial charge in [0.1, 0.15) is 0 Å². The summed E-state index contributed by atoms with van der Waals surface area (Å²) in [7, 11) is 0. The molecule has 2 atom stereocenters. The van der Waals surface area contributed by atoms with Crippen LogP contribution in [0.25, 0.3) is 0 Å². The van der Waals surface area contributed by atoms with Crippen molar-refractivity contribution in [1.82, 2.24) is 38.9 Å². The molecular formula is C80H174N8. The van der Waals surface area contributed by atoms with Crippen molar-refractivity contribution in [2.24, 2.45) is 47.3 Å². The molecule has 2 unspecified atom stereocenters. The fourth-order valence-corrected chi connectivity index (χ4v) is 12.0. The molecule has 8 nitrogen and oxygen atoms in total. The van der Waals surface area contributed by atoms with Gasteiger partial charge in [0.25, 0.3) is 0 Å². The molecule has 0 amide bonds. The molecule has 0 aliphatic carbocycles. The van der Waals surface area contributed by atoms with Crippen LogP contribution in [0, 0.1) is 47.3 Å². The first kappa shape index (κ1) is 100. The number of hydrogen-bond acceptors (Lipinski definition) is 7. The molecule has 0 spiro atoms. The Bertz CT molecular complexity index is 1620. The van der Waals surface area contributed by atoms with Gasteiger partial charge in [0.15, 0.2) is 0 Å². The Hall–Kier alpha value is -1.52. The van der Waals surface area contributed by atoms with E-state index in [1.165, 1.54) is 123 Å². The predicted octanol–water partition coefficient (Wildman–Crippen LogP) is 21.9. The second-order valence-electron chi connectivity index (χ2n) is 30.0. The third-order valence-corrected chi connectivity index (χ3v) is 19.3. The molecule has 4 fully saturated rings. The van der Waals surface area contributed by atoms with Gasteiger partial charge in [-0.1, -0.05) is 158 Å². The Morgan fingerprint density at radius 2 is 0.659 bits per heavy atom. The zero-order valence-electron chi connectivity index (χ0n) is 59.9. The number of piperazine rings is 1. The average molecular weight is 1250 g/mol. The van der Waals surface area contributed by atoms with Crippen LogP contribution in [-0.2, 0) is 0 Å². The average Bonchev–Trinajstić information content (AvgIpc) is 4.25. The minimum atomic E-state index is 0. The minimum absolute atomic E-state index is 0. The molecule has 8 heteroatoms. The van der Waals surface area contributed by atoms with Crippen LogP contribution in [0.4, 0.5) is 0 Å². The van der Waals surface area contributed by atoms with E-state index in [1.807, 2.05) is 0 Å². The first-order chi connectivity index (χ1) is 37.8. The topological polar surface area (TPSA) is 27.6 Å². The molecule has 0 radical (unpaired) electrons. The maximum atomic E-state index is 2.62. The van der Waals surface area contributed by atoms with Crippen LogP contribution in [0.15, 0.2) is 41.8 Å². The number of likely N-dealkylation sites (tertiary alicyclic amines) is 3. The van der Waals surface area contributed by atoms with Crippen molar-refractivity contribution in [3.63, 3.8) is 0 Å². The van der Waals surface area contributed by atoms with Gasteiger partial charge in [0.05, 0.1) is 0 Å². The predicted molar refractivity (Wildman–Crippen MR) is 412 cm³/mol. The van der Waals surface area contributed by atoms with Gasteiger partial charge in [0, 0.05) is 126 Å². The third kappa shape index (κ3) is 39.9. The Kier molecular flexibility index (Phi) is 60.0. The normalized spacial score (nSPS) is 19.9. The van der Waals surface area contributed by atoms with Crippen molar-refractivity contribution in [2.45, 2.75) is 339 Å². The molecule has 0 saturated carbocycles. The van der Waals surface area contributed by atoms with Crippen molar-refractivity contribution >= 4 is 0 Å². The summed E-state index contributed by atoms with van der Waals surface area (Å²) in [6, 6.07) is 7.87. The first-order valence-corrected chi connectivity index (χ1v) is 34.5. The van der Waals surface area contributed by atoms with Crippen molar-refractivity contribution in [3.05, 3.63) is 47.3 Å². The zero-order chi connectivity index (χ0) is 61.8. The van der Waals surface area contributed by atoms with Crippen LogP contribution < -0.4 is 0 Å². The van der Waals surface area contributed by atoms with E-state index >= 15 is 0 Å². The molecule has 0 bridgehead atoms. The smallest absolute Gasteiger partial charge is 0.0274 e. The van der Waals surface area contributed by atoms with Crippen LogP contribution >= 0.6 is 0 Å². The number of hydrogen-bond donors (Lipinski definition) is 0. The lowest BCUT2D eigenvalue weighted by atomic mass is 9.86. The molecule has 7 rings (SSSR count). The second-order valence-corrected chi connectivity index (χ2v) is 30.0. The lowest BCUT2D eigenvalue weighted by Gasteiger charge is -2.38. The van der Waals surface area contributed by atoms with Gasteiger partial charge in [-0.05, 0) is 240 Å². The van der Waals surface area contributed by atoms with Crippen molar-refractivity contribution in [2.75, 3.05) is 91.6 Å². The van der Waals surface area contributed by atoms with Crippen LogP contribution in [0.2, 0.25) is 0 Å². The van der Waals surface area contributed by atoms with E-state index in [-0.39, 0.29) is 52.0 Å². The molecular weight excluding hydrogens is 1070 g/mol. The minimum Gasteiger partial charge on any atom is -0.352 e. The molecule has 0 N–H and O–H groups in total. The molecule has 6 aliphatic rings. The summed E-state index contributed by atoms with van der Waals surface area (Å²) in [5.74, 6) is 7.65. The highest BCUT2D eigenvalue weighted by Gasteiger charge is 2.27.